The molecule has 4 aromatic rings. The van der Waals surface area contributed by atoms with Crippen LogP contribution in [0, 0.1) is 0 Å². The molecule has 1 aromatic heterocycles. The van der Waals surface area contributed by atoms with Gasteiger partial charge >= 0.3 is 0 Å². The van der Waals surface area contributed by atoms with Crippen LogP contribution in [0.15, 0.2) is 91.1 Å². The van der Waals surface area contributed by atoms with Gasteiger partial charge in [-0.3, -0.25) is 14.9 Å². The summed E-state index contributed by atoms with van der Waals surface area (Å²) in [6.45, 7) is 0.472. The van der Waals surface area contributed by atoms with E-state index in [4.69, 9.17) is 0 Å². The van der Waals surface area contributed by atoms with Crippen LogP contribution in [0.4, 0.5) is 0 Å². The van der Waals surface area contributed by atoms with Gasteiger partial charge in [-0.1, -0.05) is 98.1 Å². The van der Waals surface area contributed by atoms with Crippen LogP contribution in [0.2, 0.25) is 0 Å². The van der Waals surface area contributed by atoms with Crippen molar-refractivity contribution in [3.8, 4) is 0 Å². The Bertz CT molecular complexity index is 1430. The smallest absolute Gasteiger partial charge is 0.240 e. The molecule has 4 N–H and O–H groups in total. The average molecular weight is 563 g/mol. The van der Waals surface area contributed by atoms with E-state index in [0.29, 0.717) is 13.0 Å². The Kier molecular flexibility index (Phi) is 8.71. The Morgan fingerprint density at radius 2 is 1.45 bits per heavy atom. The van der Waals surface area contributed by atoms with E-state index in [1.165, 1.54) is 19.3 Å². The lowest BCUT2D eigenvalue weighted by atomic mass is 9.74. The largest absolute Gasteiger partial charge is 0.361 e. The molecular weight excluding hydrogens is 520 g/mol. The Morgan fingerprint density at radius 1 is 0.810 bits per heavy atom. The lowest BCUT2D eigenvalue weighted by molar-refractivity contribution is -0.134. The number of carbonyl (C=O) groups is 2. The zero-order valence-corrected chi connectivity index (χ0v) is 24.3. The molecule has 6 nitrogen and oxygen atoms in total. The fraction of sp³-hybridized carbons (Fsp3) is 0.389. The zero-order chi connectivity index (χ0) is 28.8. The Morgan fingerprint density at radius 3 is 2.10 bits per heavy atom. The maximum atomic E-state index is 14.1. The van der Waals surface area contributed by atoms with E-state index >= 15 is 0 Å². The van der Waals surface area contributed by atoms with E-state index in [1.807, 2.05) is 54.7 Å². The summed E-state index contributed by atoms with van der Waals surface area (Å²) in [6, 6.07) is 28.5. The molecule has 0 spiro atoms. The zero-order valence-electron chi connectivity index (χ0n) is 24.3. The van der Waals surface area contributed by atoms with Crippen molar-refractivity contribution in [2.75, 3.05) is 6.54 Å². The maximum absolute atomic E-state index is 14.1. The van der Waals surface area contributed by atoms with Gasteiger partial charge in [-0.25, -0.2) is 0 Å². The van der Waals surface area contributed by atoms with Gasteiger partial charge in [0.1, 0.15) is 0 Å². The minimum absolute atomic E-state index is 0.0253. The Labute approximate surface area is 248 Å². The van der Waals surface area contributed by atoms with E-state index in [0.717, 1.165) is 59.7 Å². The summed E-state index contributed by atoms with van der Waals surface area (Å²) >= 11 is 0. The number of carbonyl (C=O) groups excluding carboxylic acids is 2. The normalized spacial score (nSPS) is 17.5. The fourth-order valence-electron chi connectivity index (χ4n) is 6.73. The third kappa shape index (κ3) is 6.29. The number of benzene rings is 3. The molecule has 6 rings (SSSR count). The number of para-hydroxylation sites is 1. The van der Waals surface area contributed by atoms with Crippen molar-refractivity contribution in [2.24, 2.45) is 0 Å². The number of hydrogen-bond donors (Lipinski definition) is 4. The van der Waals surface area contributed by atoms with Crippen molar-refractivity contribution in [1.82, 2.24) is 20.9 Å². The molecular formula is C36H42N4O2. The van der Waals surface area contributed by atoms with Gasteiger partial charge in [0.2, 0.25) is 11.8 Å². The standard InChI is InChI=1S/C36H42N4O2/c41-34(38-25-31(26-13-4-1-5-14-26)27-15-6-2-7-16-27)33(23-28-24-37-32-20-11-10-19-30(28)32)40-36(21-12-22-36)35(42)39-29-17-8-3-9-18-29/h1-2,4-7,10-11,13-16,19-20,24,29,31,33,37,40H,3,8-9,12,17-18,21-23,25H2,(H,38,41)(H,39,42)/t33-/m0/s1. The SMILES string of the molecule is O=C(NCC(c1ccccc1)c1ccccc1)[C@H](Cc1c[nH]c2ccccc12)NC1(C(=O)NC2CCCCC2)CCC1. The summed E-state index contributed by atoms with van der Waals surface area (Å²) < 4.78 is 0. The van der Waals surface area contributed by atoms with Gasteiger partial charge in [0.15, 0.2) is 0 Å². The molecule has 0 radical (unpaired) electrons. The average Bonchev–Trinajstić information content (AvgIpc) is 3.42. The summed E-state index contributed by atoms with van der Waals surface area (Å²) in [7, 11) is 0. The first kappa shape index (κ1) is 28.2. The molecule has 2 aliphatic carbocycles. The summed E-state index contributed by atoms with van der Waals surface area (Å²) in [5.74, 6) is 0.00932. The number of rotatable bonds is 11. The van der Waals surface area contributed by atoms with Crippen molar-refractivity contribution in [3.05, 3.63) is 108 Å². The molecule has 2 aliphatic rings. The molecule has 0 saturated heterocycles. The van der Waals surface area contributed by atoms with Gasteiger partial charge < -0.3 is 15.6 Å². The molecule has 218 valence electrons. The predicted molar refractivity (Wildman–Crippen MR) is 168 cm³/mol. The molecule has 2 fully saturated rings. The minimum atomic E-state index is -0.705. The number of hydrogen-bond acceptors (Lipinski definition) is 3. The van der Waals surface area contributed by atoms with E-state index in [9.17, 15) is 9.59 Å². The fourth-order valence-corrected chi connectivity index (χ4v) is 6.73. The highest BCUT2D eigenvalue weighted by Gasteiger charge is 2.47. The molecule has 3 aromatic carbocycles. The minimum Gasteiger partial charge on any atom is -0.361 e. The van der Waals surface area contributed by atoms with Crippen molar-refractivity contribution < 1.29 is 9.59 Å². The van der Waals surface area contributed by atoms with Crippen molar-refractivity contribution >= 4 is 22.7 Å². The first-order valence-electron chi connectivity index (χ1n) is 15.6. The number of amides is 2. The van der Waals surface area contributed by atoms with Gasteiger partial charge in [-0.2, -0.15) is 0 Å². The number of nitrogens with one attached hydrogen (secondary N) is 4. The highest BCUT2D eigenvalue weighted by molar-refractivity contribution is 5.90. The summed E-state index contributed by atoms with van der Waals surface area (Å²) in [5.41, 5.74) is 3.74. The Balaban J connectivity index is 1.24. The summed E-state index contributed by atoms with van der Waals surface area (Å²) in [4.78, 5) is 31.2. The van der Waals surface area contributed by atoms with Gasteiger partial charge in [-0.15, -0.1) is 0 Å². The van der Waals surface area contributed by atoms with E-state index in [1.54, 1.807) is 0 Å². The van der Waals surface area contributed by atoms with Crippen LogP contribution in [0.3, 0.4) is 0 Å². The third-order valence-corrected chi connectivity index (χ3v) is 9.33. The van der Waals surface area contributed by atoms with Gasteiger partial charge in [0.25, 0.3) is 0 Å². The van der Waals surface area contributed by atoms with Crippen LogP contribution in [0.25, 0.3) is 10.9 Å². The maximum Gasteiger partial charge on any atom is 0.240 e. The molecule has 2 saturated carbocycles. The first-order chi connectivity index (χ1) is 20.6. The molecule has 1 heterocycles. The second-order valence-corrected chi connectivity index (χ2v) is 12.1. The number of aromatic nitrogens is 1. The van der Waals surface area contributed by atoms with Crippen LogP contribution >= 0.6 is 0 Å². The number of fused-ring (bicyclic) bond motifs is 1. The molecule has 6 heteroatoms. The van der Waals surface area contributed by atoms with Crippen molar-refractivity contribution in [2.45, 2.75) is 81.3 Å². The van der Waals surface area contributed by atoms with Gasteiger partial charge in [0, 0.05) is 35.6 Å². The Hall–Kier alpha value is -3.90. The molecule has 2 amide bonds. The second-order valence-electron chi connectivity index (χ2n) is 12.1. The van der Waals surface area contributed by atoms with E-state index in [-0.39, 0.29) is 23.8 Å². The molecule has 0 unspecified atom stereocenters. The lowest BCUT2D eigenvalue weighted by Crippen LogP contribution is -2.67. The van der Waals surface area contributed by atoms with Crippen LogP contribution in [-0.4, -0.2) is 41.0 Å². The molecule has 1 atom stereocenters. The van der Waals surface area contributed by atoms with Gasteiger partial charge in [0.05, 0.1) is 11.6 Å². The first-order valence-corrected chi connectivity index (χ1v) is 15.6. The third-order valence-electron chi connectivity index (χ3n) is 9.33. The van der Waals surface area contributed by atoms with Crippen LogP contribution < -0.4 is 16.0 Å². The quantitative estimate of drug-likeness (QED) is 0.181. The predicted octanol–water partition coefficient (Wildman–Crippen LogP) is 5.99. The molecule has 0 bridgehead atoms. The van der Waals surface area contributed by atoms with Crippen molar-refractivity contribution in [1.29, 1.82) is 0 Å². The number of H-pyrrole nitrogens is 1. The lowest BCUT2D eigenvalue weighted by Gasteiger charge is -2.44. The summed E-state index contributed by atoms with van der Waals surface area (Å²) in [6.07, 6.45) is 10.6. The summed E-state index contributed by atoms with van der Waals surface area (Å²) in [5, 5.41) is 11.4. The second kappa shape index (κ2) is 13.0. The van der Waals surface area contributed by atoms with Crippen LogP contribution in [-0.2, 0) is 16.0 Å². The highest BCUT2D eigenvalue weighted by Crippen LogP contribution is 2.34. The van der Waals surface area contributed by atoms with Crippen LogP contribution in [0.5, 0.6) is 0 Å². The monoisotopic (exact) mass is 562 g/mol. The van der Waals surface area contributed by atoms with E-state index < -0.39 is 11.6 Å². The topological polar surface area (TPSA) is 86.0 Å². The van der Waals surface area contributed by atoms with Crippen LogP contribution in [0.1, 0.15) is 74.0 Å². The van der Waals surface area contributed by atoms with Crippen molar-refractivity contribution in [3.63, 3.8) is 0 Å². The van der Waals surface area contributed by atoms with Gasteiger partial charge in [-0.05, 0) is 61.3 Å². The van der Waals surface area contributed by atoms with E-state index in [2.05, 4.69) is 57.3 Å². The molecule has 42 heavy (non-hydrogen) atoms. The number of aromatic amines is 1. The molecule has 0 aliphatic heterocycles. The highest BCUT2D eigenvalue weighted by atomic mass is 16.2.